The number of fused-ring (bicyclic) bond motifs is 1. The summed E-state index contributed by atoms with van der Waals surface area (Å²) in [4.78, 5) is 14.5. The number of benzene rings is 1. The summed E-state index contributed by atoms with van der Waals surface area (Å²) in [6.07, 6.45) is 5.10. The van der Waals surface area contributed by atoms with Crippen molar-refractivity contribution in [2.75, 3.05) is 28.3 Å². The molecule has 0 saturated heterocycles. The molecule has 0 radical (unpaired) electrons. The highest BCUT2D eigenvalue weighted by molar-refractivity contribution is 5.95. The number of H-pyrrole nitrogens is 1. The van der Waals surface area contributed by atoms with Gasteiger partial charge >= 0.3 is 0 Å². The second-order valence-electron chi connectivity index (χ2n) is 6.41. The Morgan fingerprint density at radius 1 is 1.15 bits per heavy atom. The van der Waals surface area contributed by atoms with Crippen molar-refractivity contribution in [3.63, 3.8) is 0 Å². The van der Waals surface area contributed by atoms with Crippen LogP contribution >= 0.6 is 0 Å². The molecule has 27 heavy (non-hydrogen) atoms. The average Bonchev–Trinajstić information content (AvgIpc) is 2.64. The van der Waals surface area contributed by atoms with E-state index < -0.39 is 0 Å². The van der Waals surface area contributed by atoms with E-state index in [9.17, 15) is 4.79 Å². The number of aryl methyl sites for hydroxylation is 1. The predicted octanol–water partition coefficient (Wildman–Crippen LogP) is -1.50. The predicted molar refractivity (Wildman–Crippen MR) is 99.5 cm³/mol. The minimum Gasteiger partial charge on any atom is -1.00 e. The fraction of sp³-hybridized carbons (Fsp3) is 0.316. The van der Waals surface area contributed by atoms with Gasteiger partial charge in [-0.05, 0) is 36.9 Å². The van der Waals surface area contributed by atoms with Gasteiger partial charge in [0.2, 0.25) is 6.20 Å². The topological polar surface area (TPSA) is 70.7 Å². The highest BCUT2D eigenvalue weighted by Crippen LogP contribution is 2.37. The average molecular weight is 391 g/mol. The standard InChI is InChI=1S/C19H22N4O3.ClH/c1-22(2)10-16-17(25-4)6-12(7-18(16)26-5)15-11-23(3)19(24)14-9-21-20-8-13(14)15;/h6-9,11H,10H2,1-5H3;1H. The van der Waals surface area contributed by atoms with Gasteiger partial charge in [-0.3, -0.25) is 4.79 Å². The normalized spacial score (nSPS) is 10.7. The SMILES string of the molecule is COc1cc(-c2cn(C)c(=O)c3c[nH+]ncc23)cc(OC)c1CN(C)C.[Cl-]. The van der Waals surface area contributed by atoms with Crippen molar-refractivity contribution in [1.29, 1.82) is 0 Å². The van der Waals surface area contributed by atoms with Gasteiger partial charge in [0.1, 0.15) is 23.1 Å². The van der Waals surface area contributed by atoms with Gasteiger partial charge in [-0.1, -0.05) is 0 Å². The van der Waals surface area contributed by atoms with Crippen LogP contribution < -0.4 is 32.5 Å². The van der Waals surface area contributed by atoms with Crippen LogP contribution in [-0.2, 0) is 13.6 Å². The van der Waals surface area contributed by atoms with Crippen LogP contribution in [0.15, 0.2) is 35.5 Å². The molecule has 0 saturated carbocycles. The summed E-state index contributed by atoms with van der Waals surface area (Å²) >= 11 is 0. The number of ether oxygens (including phenoxy) is 2. The van der Waals surface area contributed by atoms with E-state index in [-0.39, 0.29) is 18.0 Å². The quantitative estimate of drug-likeness (QED) is 0.530. The van der Waals surface area contributed by atoms with Crippen molar-refractivity contribution in [2.24, 2.45) is 7.05 Å². The van der Waals surface area contributed by atoms with Gasteiger partial charge in [0.05, 0.1) is 19.8 Å². The van der Waals surface area contributed by atoms with E-state index in [1.165, 1.54) is 0 Å². The Labute approximate surface area is 163 Å². The molecule has 1 N–H and O–H groups in total. The van der Waals surface area contributed by atoms with Gasteiger partial charge in [-0.15, -0.1) is 5.10 Å². The highest BCUT2D eigenvalue weighted by atomic mass is 35.5. The Balaban J connectivity index is 0.00000261. The van der Waals surface area contributed by atoms with Gasteiger partial charge in [0.15, 0.2) is 0 Å². The maximum Gasteiger partial charge on any atom is 0.264 e. The molecule has 0 aliphatic rings. The molecule has 1 aromatic carbocycles. The fourth-order valence-corrected chi connectivity index (χ4v) is 3.10. The van der Waals surface area contributed by atoms with Crippen molar-refractivity contribution in [1.82, 2.24) is 14.6 Å². The molecular formula is C19H23ClN4O3. The van der Waals surface area contributed by atoms with Crippen LogP contribution in [0.1, 0.15) is 5.56 Å². The summed E-state index contributed by atoms with van der Waals surface area (Å²) in [6.45, 7) is 0.692. The Hall–Kier alpha value is -2.64. The van der Waals surface area contributed by atoms with E-state index in [0.29, 0.717) is 11.9 Å². The molecule has 2 aromatic heterocycles. The van der Waals surface area contributed by atoms with E-state index in [0.717, 1.165) is 33.6 Å². The lowest BCUT2D eigenvalue weighted by Crippen LogP contribution is -3.00. The summed E-state index contributed by atoms with van der Waals surface area (Å²) in [5.74, 6) is 1.48. The third-order valence-corrected chi connectivity index (χ3v) is 4.32. The number of hydrogen-bond donors (Lipinski definition) is 0. The lowest BCUT2D eigenvalue weighted by molar-refractivity contribution is -0.453. The van der Waals surface area contributed by atoms with Crippen LogP contribution in [0.25, 0.3) is 21.9 Å². The van der Waals surface area contributed by atoms with Gasteiger partial charge in [0, 0.05) is 30.7 Å². The molecule has 144 valence electrons. The van der Waals surface area contributed by atoms with Crippen LogP contribution in [0.3, 0.4) is 0 Å². The number of pyridine rings is 1. The van der Waals surface area contributed by atoms with Crippen LogP contribution in [0.4, 0.5) is 0 Å². The molecule has 3 rings (SSSR count). The summed E-state index contributed by atoms with van der Waals surface area (Å²) in [6, 6.07) is 3.94. The minimum atomic E-state index is -0.0782. The Morgan fingerprint density at radius 3 is 2.33 bits per heavy atom. The second kappa shape index (κ2) is 8.37. The zero-order chi connectivity index (χ0) is 18.8. The van der Waals surface area contributed by atoms with Crippen molar-refractivity contribution >= 4 is 10.8 Å². The lowest BCUT2D eigenvalue weighted by atomic mass is 9.99. The zero-order valence-corrected chi connectivity index (χ0v) is 16.8. The van der Waals surface area contributed by atoms with Crippen molar-refractivity contribution in [3.8, 4) is 22.6 Å². The molecule has 0 amide bonds. The highest BCUT2D eigenvalue weighted by Gasteiger charge is 2.17. The summed E-state index contributed by atoms with van der Waals surface area (Å²) in [5.41, 5.74) is 2.68. The summed E-state index contributed by atoms with van der Waals surface area (Å²) in [7, 11) is 9.02. The first-order valence-corrected chi connectivity index (χ1v) is 8.21. The molecule has 0 atom stereocenters. The largest absolute Gasteiger partial charge is 1.00 e. The maximum atomic E-state index is 12.4. The van der Waals surface area contributed by atoms with Crippen LogP contribution in [0.2, 0.25) is 0 Å². The van der Waals surface area contributed by atoms with Crippen molar-refractivity contribution < 1.29 is 27.0 Å². The Kier molecular flexibility index (Phi) is 6.41. The first kappa shape index (κ1) is 20.7. The van der Waals surface area contributed by atoms with E-state index >= 15 is 0 Å². The van der Waals surface area contributed by atoms with Gasteiger partial charge in [0.25, 0.3) is 5.56 Å². The molecule has 2 heterocycles. The minimum absolute atomic E-state index is 0. The first-order chi connectivity index (χ1) is 12.5. The molecule has 0 spiro atoms. The number of rotatable bonds is 5. The summed E-state index contributed by atoms with van der Waals surface area (Å²) < 4.78 is 12.8. The number of nitrogens with one attached hydrogen (secondary N) is 1. The third kappa shape index (κ3) is 3.89. The molecule has 7 nitrogen and oxygen atoms in total. The number of nitrogens with zero attached hydrogens (tertiary/aromatic N) is 3. The van der Waals surface area contributed by atoms with E-state index in [1.807, 2.05) is 32.4 Å². The smallest absolute Gasteiger partial charge is 0.264 e. The monoisotopic (exact) mass is 390 g/mol. The van der Waals surface area contributed by atoms with E-state index in [4.69, 9.17) is 9.47 Å². The molecule has 0 fully saturated rings. The molecule has 0 aliphatic carbocycles. The number of methoxy groups -OCH3 is 2. The van der Waals surface area contributed by atoms with Gasteiger partial charge < -0.3 is 31.3 Å². The van der Waals surface area contributed by atoms with Crippen LogP contribution in [-0.4, -0.2) is 42.9 Å². The molecule has 0 aliphatic heterocycles. The summed E-state index contributed by atoms with van der Waals surface area (Å²) in [5, 5.41) is 8.16. The first-order valence-electron chi connectivity index (χ1n) is 8.21. The molecule has 0 unspecified atom stereocenters. The molecule has 0 bridgehead atoms. The van der Waals surface area contributed by atoms with E-state index in [1.54, 1.807) is 38.2 Å². The maximum absolute atomic E-state index is 12.4. The van der Waals surface area contributed by atoms with Crippen LogP contribution in [0, 0.1) is 0 Å². The lowest BCUT2D eigenvalue weighted by Gasteiger charge is -2.19. The molecule has 8 heteroatoms. The zero-order valence-electron chi connectivity index (χ0n) is 16.0. The van der Waals surface area contributed by atoms with Gasteiger partial charge in [-0.25, -0.2) is 0 Å². The fourth-order valence-electron chi connectivity index (χ4n) is 3.10. The number of hydrogen-bond acceptors (Lipinski definition) is 5. The number of halogens is 1. The van der Waals surface area contributed by atoms with Crippen LogP contribution in [0.5, 0.6) is 11.5 Å². The van der Waals surface area contributed by atoms with Gasteiger partial charge in [-0.2, -0.15) is 0 Å². The Bertz CT molecular complexity index is 992. The number of aromatic nitrogens is 3. The third-order valence-electron chi connectivity index (χ3n) is 4.32. The van der Waals surface area contributed by atoms with Crippen molar-refractivity contribution in [2.45, 2.75) is 6.54 Å². The molecular weight excluding hydrogens is 368 g/mol. The molecule has 3 aromatic rings. The van der Waals surface area contributed by atoms with Crippen molar-refractivity contribution in [3.05, 3.63) is 46.6 Å². The Morgan fingerprint density at radius 2 is 1.78 bits per heavy atom. The second-order valence-corrected chi connectivity index (χ2v) is 6.41. The number of aromatic amines is 1. The van der Waals surface area contributed by atoms with E-state index in [2.05, 4.69) is 15.1 Å².